The maximum Gasteiger partial charge on any atom is 0.339 e. The molecule has 0 saturated carbocycles. The SMILES string of the molecule is COCc1cc(OC)c(C(=O)O)cc1OC. The van der Waals surface area contributed by atoms with E-state index in [0.717, 1.165) is 5.56 Å². The van der Waals surface area contributed by atoms with E-state index in [0.29, 0.717) is 18.1 Å². The van der Waals surface area contributed by atoms with Crippen molar-refractivity contribution in [2.24, 2.45) is 0 Å². The summed E-state index contributed by atoms with van der Waals surface area (Å²) < 4.78 is 15.1. The van der Waals surface area contributed by atoms with Gasteiger partial charge in [-0.15, -0.1) is 0 Å². The maximum absolute atomic E-state index is 11.0. The molecular weight excluding hydrogens is 212 g/mol. The van der Waals surface area contributed by atoms with Crippen LogP contribution in [-0.2, 0) is 11.3 Å². The fourth-order valence-corrected chi connectivity index (χ4v) is 1.40. The zero-order valence-corrected chi connectivity index (χ0v) is 9.44. The first-order chi connectivity index (χ1) is 7.63. The van der Waals surface area contributed by atoms with Crippen molar-refractivity contribution in [1.82, 2.24) is 0 Å². The quantitative estimate of drug-likeness (QED) is 0.825. The smallest absolute Gasteiger partial charge is 0.339 e. The Labute approximate surface area is 93.6 Å². The van der Waals surface area contributed by atoms with Crippen LogP contribution in [0.3, 0.4) is 0 Å². The molecule has 0 aliphatic heterocycles. The summed E-state index contributed by atoms with van der Waals surface area (Å²) in [5.74, 6) is -0.292. The summed E-state index contributed by atoms with van der Waals surface area (Å²) in [5.41, 5.74) is 0.811. The highest BCUT2D eigenvalue weighted by atomic mass is 16.5. The lowest BCUT2D eigenvalue weighted by molar-refractivity contribution is 0.0692. The summed E-state index contributed by atoms with van der Waals surface area (Å²) >= 11 is 0. The molecule has 0 spiro atoms. The number of carboxylic acid groups (broad SMARTS) is 1. The fourth-order valence-electron chi connectivity index (χ4n) is 1.40. The fraction of sp³-hybridized carbons (Fsp3) is 0.364. The summed E-state index contributed by atoms with van der Waals surface area (Å²) in [4.78, 5) is 11.0. The van der Waals surface area contributed by atoms with E-state index in [1.165, 1.54) is 20.3 Å². The highest BCUT2D eigenvalue weighted by Crippen LogP contribution is 2.29. The van der Waals surface area contributed by atoms with E-state index in [1.807, 2.05) is 0 Å². The number of benzene rings is 1. The summed E-state index contributed by atoms with van der Waals surface area (Å²) in [5, 5.41) is 8.97. The van der Waals surface area contributed by atoms with E-state index < -0.39 is 5.97 Å². The first kappa shape index (κ1) is 12.3. The zero-order chi connectivity index (χ0) is 12.1. The largest absolute Gasteiger partial charge is 0.496 e. The van der Waals surface area contributed by atoms with Crippen molar-refractivity contribution >= 4 is 5.97 Å². The predicted molar refractivity (Wildman–Crippen MR) is 57.2 cm³/mol. The van der Waals surface area contributed by atoms with Crippen molar-refractivity contribution in [2.75, 3.05) is 21.3 Å². The van der Waals surface area contributed by atoms with Crippen molar-refractivity contribution in [3.63, 3.8) is 0 Å². The summed E-state index contributed by atoms with van der Waals surface area (Å²) in [6, 6.07) is 3.03. The lowest BCUT2D eigenvalue weighted by Gasteiger charge is -2.12. The molecule has 0 aliphatic carbocycles. The lowest BCUT2D eigenvalue weighted by Crippen LogP contribution is -2.04. The average Bonchev–Trinajstić information content (AvgIpc) is 2.28. The highest BCUT2D eigenvalue weighted by molar-refractivity contribution is 5.91. The van der Waals surface area contributed by atoms with E-state index in [2.05, 4.69) is 0 Å². The van der Waals surface area contributed by atoms with Gasteiger partial charge in [0, 0.05) is 12.7 Å². The Balaban J connectivity index is 3.28. The molecule has 0 atom stereocenters. The van der Waals surface area contributed by atoms with E-state index >= 15 is 0 Å². The van der Waals surface area contributed by atoms with Gasteiger partial charge in [0.05, 0.1) is 20.8 Å². The van der Waals surface area contributed by atoms with Crippen molar-refractivity contribution < 1.29 is 24.1 Å². The monoisotopic (exact) mass is 226 g/mol. The van der Waals surface area contributed by atoms with Gasteiger partial charge in [-0.3, -0.25) is 0 Å². The molecule has 0 bridgehead atoms. The van der Waals surface area contributed by atoms with Crippen LogP contribution in [0.2, 0.25) is 0 Å². The van der Waals surface area contributed by atoms with Crippen LogP contribution in [-0.4, -0.2) is 32.4 Å². The minimum absolute atomic E-state index is 0.0687. The van der Waals surface area contributed by atoms with Crippen LogP contribution in [0.25, 0.3) is 0 Å². The Kier molecular flexibility index (Phi) is 4.13. The molecule has 0 amide bonds. The van der Waals surface area contributed by atoms with Gasteiger partial charge in [-0.25, -0.2) is 4.79 Å². The number of hydrogen-bond donors (Lipinski definition) is 1. The molecule has 0 saturated heterocycles. The van der Waals surface area contributed by atoms with E-state index in [1.54, 1.807) is 13.2 Å². The van der Waals surface area contributed by atoms with Gasteiger partial charge in [-0.2, -0.15) is 0 Å². The van der Waals surface area contributed by atoms with Gasteiger partial charge in [0.1, 0.15) is 17.1 Å². The highest BCUT2D eigenvalue weighted by Gasteiger charge is 2.15. The van der Waals surface area contributed by atoms with Crippen molar-refractivity contribution in [3.8, 4) is 11.5 Å². The van der Waals surface area contributed by atoms with Crippen LogP contribution in [0, 0.1) is 0 Å². The van der Waals surface area contributed by atoms with Gasteiger partial charge in [-0.1, -0.05) is 0 Å². The Hall–Kier alpha value is -1.75. The molecule has 1 N–H and O–H groups in total. The summed E-state index contributed by atoms with van der Waals surface area (Å²) in [6.07, 6.45) is 0. The molecule has 1 rings (SSSR count). The Morgan fingerprint density at radius 1 is 1.19 bits per heavy atom. The van der Waals surface area contributed by atoms with E-state index in [-0.39, 0.29) is 5.56 Å². The Morgan fingerprint density at radius 2 is 1.81 bits per heavy atom. The molecular formula is C11H14O5. The third-order valence-electron chi connectivity index (χ3n) is 2.13. The predicted octanol–water partition coefficient (Wildman–Crippen LogP) is 1.55. The van der Waals surface area contributed by atoms with Crippen LogP contribution in [0.4, 0.5) is 0 Å². The molecule has 0 fully saturated rings. The second-order valence-corrected chi connectivity index (χ2v) is 3.10. The second-order valence-electron chi connectivity index (χ2n) is 3.10. The molecule has 88 valence electrons. The number of hydrogen-bond acceptors (Lipinski definition) is 4. The van der Waals surface area contributed by atoms with Gasteiger partial charge in [0.25, 0.3) is 0 Å². The van der Waals surface area contributed by atoms with Crippen molar-refractivity contribution in [3.05, 3.63) is 23.3 Å². The van der Waals surface area contributed by atoms with Crippen molar-refractivity contribution in [1.29, 1.82) is 0 Å². The number of rotatable bonds is 5. The van der Waals surface area contributed by atoms with Crippen LogP contribution in [0.5, 0.6) is 11.5 Å². The van der Waals surface area contributed by atoms with Gasteiger partial charge in [0.2, 0.25) is 0 Å². The topological polar surface area (TPSA) is 65.0 Å². The first-order valence-electron chi connectivity index (χ1n) is 4.61. The third kappa shape index (κ3) is 2.43. The van der Waals surface area contributed by atoms with Gasteiger partial charge in [-0.05, 0) is 12.1 Å². The number of ether oxygens (including phenoxy) is 3. The summed E-state index contributed by atoms with van der Waals surface area (Å²) in [6.45, 7) is 0.333. The van der Waals surface area contributed by atoms with Crippen LogP contribution in [0.15, 0.2) is 12.1 Å². The average molecular weight is 226 g/mol. The standard InChI is InChI=1S/C11H14O5/c1-14-6-7-4-10(16-3)8(11(12)13)5-9(7)15-2/h4-5H,6H2,1-3H3,(H,12,13). The number of carboxylic acids is 1. The molecule has 1 aromatic carbocycles. The Bertz CT molecular complexity index is 386. The first-order valence-corrected chi connectivity index (χ1v) is 4.61. The number of methoxy groups -OCH3 is 3. The van der Waals surface area contributed by atoms with Crippen LogP contribution >= 0.6 is 0 Å². The van der Waals surface area contributed by atoms with Crippen LogP contribution in [0.1, 0.15) is 15.9 Å². The molecule has 0 unspecified atom stereocenters. The van der Waals surface area contributed by atoms with E-state index in [4.69, 9.17) is 19.3 Å². The number of carbonyl (C=O) groups is 1. The van der Waals surface area contributed by atoms with Gasteiger partial charge >= 0.3 is 5.97 Å². The summed E-state index contributed by atoms with van der Waals surface area (Å²) in [7, 11) is 4.45. The molecule has 0 aromatic heterocycles. The van der Waals surface area contributed by atoms with Crippen molar-refractivity contribution in [2.45, 2.75) is 6.61 Å². The lowest BCUT2D eigenvalue weighted by atomic mass is 10.1. The second kappa shape index (κ2) is 5.37. The zero-order valence-electron chi connectivity index (χ0n) is 9.44. The molecule has 0 heterocycles. The number of aromatic carboxylic acids is 1. The maximum atomic E-state index is 11.0. The molecule has 16 heavy (non-hydrogen) atoms. The van der Waals surface area contributed by atoms with Gasteiger partial charge in [0.15, 0.2) is 0 Å². The molecule has 0 radical (unpaired) electrons. The molecule has 5 heteroatoms. The van der Waals surface area contributed by atoms with Crippen LogP contribution < -0.4 is 9.47 Å². The Morgan fingerprint density at radius 3 is 2.25 bits per heavy atom. The molecule has 1 aromatic rings. The third-order valence-corrected chi connectivity index (χ3v) is 2.13. The molecule has 5 nitrogen and oxygen atoms in total. The normalized spacial score (nSPS) is 9.94. The van der Waals surface area contributed by atoms with E-state index in [9.17, 15) is 4.79 Å². The minimum atomic E-state index is -1.06. The minimum Gasteiger partial charge on any atom is -0.496 e. The molecule has 0 aliphatic rings. The van der Waals surface area contributed by atoms with Gasteiger partial charge < -0.3 is 19.3 Å².